The molecule has 4 aliphatic rings. The Morgan fingerprint density at radius 1 is 0.775 bits per heavy atom. The molecule has 5 aromatic rings. The third-order valence-corrected chi connectivity index (χ3v) is 14.6. The molecule has 0 unspecified atom stereocenters. The highest BCUT2D eigenvalue weighted by Crippen LogP contribution is 2.51. The summed E-state index contributed by atoms with van der Waals surface area (Å²) in [7, 11) is 12.3. The van der Waals surface area contributed by atoms with E-state index in [9.17, 15) is 14.4 Å². The maximum Gasteiger partial charge on any atom is 0.338 e. The Balaban J connectivity index is 0.000000214. The number of hydrogen-bond donors (Lipinski definition) is 2. The van der Waals surface area contributed by atoms with Crippen molar-refractivity contribution in [2.24, 2.45) is 17.8 Å². The maximum absolute atomic E-state index is 13.5. The first kappa shape index (κ1) is 50.7. The number of carbonyl (C=O) groups excluding carboxylic acids is 3. The van der Waals surface area contributed by atoms with E-state index in [1.54, 1.807) is 46.6 Å². The average Bonchev–Trinajstić information content (AvgIpc) is 3.58. The van der Waals surface area contributed by atoms with Gasteiger partial charge in [-0.05, 0) is 79.8 Å². The number of ether oxygens (including phenoxy) is 9. The second kappa shape index (κ2) is 22.1. The summed E-state index contributed by atoms with van der Waals surface area (Å²) < 4.78 is 49.8. The lowest BCUT2D eigenvalue weighted by Gasteiger charge is -2.52. The van der Waals surface area contributed by atoms with Crippen LogP contribution in [0.3, 0.4) is 0 Å². The zero-order valence-electron chi connectivity index (χ0n) is 42.2. The van der Waals surface area contributed by atoms with E-state index < -0.39 is 24.1 Å². The normalized spacial score (nSPS) is 21.9. The first-order valence-electron chi connectivity index (χ1n) is 24.2. The maximum atomic E-state index is 13.5. The van der Waals surface area contributed by atoms with Gasteiger partial charge in [-0.3, -0.25) is 14.5 Å². The van der Waals surface area contributed by atoms with Gasteiger partial charge >= 0.3 is 11.9 Å². The van der Waals surface area contributed by atoms with Crippen LogP contribution in [0.4, 0.5) is 11.8 Å². The first-order valence-corrected chi connectivity index (χ1v) is 24.2. The number of esters is 2. The third kappa shape index (κ3) is 10.1. The number of aromatic amines is 1. The molecular formula is C52H67N7O12. The molecule has 3 N–H and O–H groups in total. The van der Waals surface area contributed by atoms with Crippen molar-refractivity contribution in [3.05, 3.63) is 59.3 Å². The Kier molecular flexibility index (Phi) is 15.8. The number of anilines is 2. The Labute approximate surface area is 414 Å². The van der Waals surface area contributed by atoms with Crippen LogP contribution in [0.15, 0.2) is 42.5 Å². The molecule has 5 heterocycles. The highest BCUT2D eigenvalue weighted by atomic mass is 16.6. The molecule has 1 aliphatic carbocycles. The number of fused-ring (bicyclic) bond motifs is 7. The molecule has 19 heteroatoms. The SMILES string of the molecule is CCCC(=O)N1CCCN(c2nc(N)c3cc(OC)c(OC)cc3n2)CC1.COC(=O)[C@H]1[C@H]2C[C@@H]3c4[nH]c5cc(OC)ccc5c4CCN3C[C@H]2C[C@@H](OC(=O)c2cc(OC)c(OC)c(OC)c2)[C@@H]1OC. The quantitative estimate of drug-likeness (QED) is 0.125. The topological polar surface area (TPSA) is 212 Å². The summed E-state index contributed by atoms with van der Waals surface area (Å²) in [5.74, 6) is 2.83. The average molecular weight is 982 g/mol. The van der Waals surface area contributed by atoms with Gasteiger partial charge in [0.2, 0.25) is 17.6 Å². The van der Waals surface area contributed by atoms with Gasteiger partial charge in [-0.1, -0.05) is 6.92 Å². The van der Waals surface area contributed by atoms with Crippen molar-refractivity contribution in [3.63, 3.8) is 0 Å². The summed E-state index contributed by atoms with van der Waals surface area (Å²) in [4.78, 5) is 58.5. The number of H-pyrrole nitrogens is 1. The van der Waals surface area contributed by atoms with E-state index in [4.69, 9.17) is 48.4 Å². The molecule has 3 aromatic carbocycles. The van der Waals surface area contributed by atoms with Crippen molar-refractivity contribution < 1.29 is 57.0 Å². The number of benzene rings is 3. The molecular weight excluding hydrogens is 915 g/mol. The van der Waals surface area contributed by atoms with Crippen molar-refractivity contribution in [1.29, 1.82) is 0 Å². The van der Waals surface area contributed by atoms with Gasteiger partial charge in [0.25, 0.3) is 0 Å². The van der Waals surface area contributed by atoms with Gasteiger partial charge in [0.05, 0.1) is 72.8 Å². The zero-order chi connectivity index (χ0) is 50.5. The van der Waals surface area contributed by atoms with Crippen LogP contribution in [0.1, 0.15) is 66.7 Å². The molecule has 0 bridgehead atoms. The molecule has 0 spiro atoms. The number of carbonyl (C=O) groups is 3. The molecule has 1 saturated carbocycles. The van der Waals surface area contributed by atoms with E-state index in [0.29, 0.717) is 72.0 Å². The lowest BCUT2D eigenvalue weighted by Crippen LogP contribution is -2.58. The molecule has 1 amide bonds. The van der Waals surface area contributed by atoms with E-state index in [0.717, 1.165) is 68.5 Å². The smallest absolute Gasteiger partial charge is 0.338 e. The van der Waals surface area contributed by atoms with Crippen LogP contribution in [0, 0.1) is 17.8 Å². The standard InChI is InChI=1S/C33H40N2O9.C19H27N5O3/c1-38-19-7-8-20-21-9-10-35-16-18-13-27(44-32(36)17-11-25(39-2)30(41-4)26(12-17)40-3)31(42-5)28(33(37)43-6)22(18)15-24(35)29(21)34-23(20)14-19;1-4-6-17(25)23-7-5-8-24(10-9-23)19-21-14-12-16(27-3)15(26-2)11-13(14)18(20)22-19/h7-8,11-12,14,18,22,24,27-28,31,34H,9-10,13,15-16H2,1-6H3;11-12H,4-10H2,1-3H3,(H2,20,21,22)/t18-,22+,24-,27-,28+,31+;/m1./s1. The third-order valence-electron chi connectivity index (χ3n) is 14.6. The van der Waals surface area contributed by atoms with Crippen molar-refractivity contribution in [1.82, 2.24) is 24.8 Å². The van der Waals surface area contributed by atoms with Crippen molar-refractivity contribution in [2.45, 2.75) is 63.7 Å². The summed E-state index contributed by atoms with van der Waals surface area (Å²) in [5, 5.41) is 1.94. The van der Waals surface area contributed by atoms with Gasteiger partial charge < -0.3 is 63.1 Å². The van der Waals surface area contributed by atoms with Crippen molar-refractivity contribution >= 4 is 51.4 Å². The number of methoxy groups -OCH3 is 8. The van der Waals surface area contributed by atoms with Crippen molar-refractivity contribution in [3.8, 4) is 34.5 Å². The van der Waals surface area contributed by atoms with Crippen LogP contribution in [0.5, 0.6) is 34.5 Å². The summed E-state index contributed by atoms with van der Waals surface area (Å²) in [5.41, 5.74) is 10.7. The number of nitrogens with one attached hydrogen (secondary N) is 1. The van der Waals surface area contributed by atoms with Crippen LogP contribution in [0.2, 0.25) is 0 Å². The van der Waals surface area contributed by atoms with Crippen LogP contribution in [0.25, 0.3) is 21.8 Å². The van der Waals surface area contributed by atoms with Crippen LogP contribution in [-0.4, -0.2) is 151 Å². The molecule has 6 atom stereocenters. The van der Waals surface area contributed by atoms with E-state index in [2.05, 4.69) is 30.8 Å². The monoisotopic (exact) mass is 981 g/mol. The molecule has 19 nitrogen and oxygen atoms in total. The molecule has 9 rings (SSSR count). The Morgan fingerprint density at radius 3 is 2.17 bits per heavy atom. The zero-order valence-corrected chi connectivity index (χ0v) is 42.2. The Morgan fingerprint density at radius 2 is 1.51 bits per heavy atom. The Hall–Kier alpha value is -6.73. The minimum Gasteiger partial charge on any atom is -0.497 e. The summed E-state index contributed by atoms with van der Waals surface area (Å²) in [6, 6.07) is 13.0. The molecule has 71 heavy (non-hydrogen) atoms. The number of aromatic nitrogens is 3. The second-order valence-corrected chi connectivity index (χ2v) is 18.3. The number of nitrogen functional groups attached to an aromatic ring is 1. The predicted octanol–water partition coefficient (Wildman–Crippen LogP) is 6.24. The van der Waals surface area contributed by atoms with E-state index in [-0.39, 0.29) is 35.3 Å². The summed E-state index contributed by atoms with van der Waals surface area (Å²) in [6.07, 6.45) is 3.27. The highest BCUT2D eigenvalue weighted by molar-refractivity contribution is 5.92. The van der Waals surface area contributed by atoms with Gasteiger partial charge in [0.15, 0.2) is 23.0 Å². The lowest BCUT2D eigenvalue weighted by atomic mass is 9.63. The van der Waals surface area contributed by atoms with Crippen LogP contribution < -0.4 is 39.1 Å². The van der Waals surface area contributed by atoms with E-state index in [1.807, 2.05) is 30.0 Å². The van der Waals surface area contributed by atoms with Gasteiger partial charge in [-0.25, -0.2) is 9.78 Å². The lowest BCUT2D eigenvalue weighted by molar-refractivity contribution is -0.176. The fourth-order valence-electron chi connectivity index (χ4n) is 11.1. The van der Waals surface area contributed by atoms with Gasteiger partial charge in [-0.15, -0.1) is 0 Å². The van der Waals surface area contributed by atoms with Gasteiger partial charge in [-0.2, -0.15) is 4.98 Å². The van der Waals surface area contributed by atoms with Crippen molar-refractivity contribution in [2.75, 3.05) is 107 Å². The minimum atomic E-state index is -0.670. The molecule has 3 aliphatic heterocycles. The number of amides is 1. The number of nitrogens with two attached hydrogens (primary N) is 1. The largest absolute Gasteiger partial charge is 0.497 e. The minimum absolute atomic E-state index is 0.0170. The number of rotatable bonds is 13. The van der Waals surface area contributed by atoms with Crippen LogP contribution in [-0.2, 0) is 30.2 Å². The first-order chi connectivity index (χ1) is 34.4. The molecule has 2 aromatic heterocycles. The predicted molar refractivity (Wildman–Crippen MR) is 266 cm³/mol. The highest BCUT2D eigenvalue weighted by Gasteiger charge is 2.54. The number of nitrogens with zero attached hydrogens (tertiary/aromatic N) is 5. The van der Waals surface area contributed by atoms with Gasteiger partial charge in [0.1, 0.15) is 23.8 Å². The fraction of sp³-hybridized carbons (Fsp3) is 0.519. The summed E-state index contributed by atoms with van der Waals surface area (Å²) >= 11 is 0. The number of hydrogen-bond acceptors (Lipinski definition) is 17. The second-order valence-electron chi connectivity index (χ2n) is 18.3. The Bertz CT molecular complexity index is 2710. The molecule has 3 fully saturated rings. The van der Waals surface area contributed by atoms with E-state index in [1.165, 1.54) is 45.1 Å². The molecule has 0 radical (unpaired) electrons. The summed E-state index contributed by atoms with van der Waals surface area (Å²) in [6.45, 7) is 6.62. The number of piperidine rings is 1. The molecule has 382 valence electrons. The van der Waals surface area contributed by atoms with Crippen LogP contribution >= 0.6 is 0 Å². The van der Waals surface area contributed by atoms with Gasteiger partial charge in [0, 0.05) is 86.9 Å². The van der Waals surface area contributed by atoms with E-state index >= 15 is 0 Å². The fourth-order valence-corrected chi connectivity index (χ4v) is 11.1. The molecule has 2 saturated heterocycles.